The van der Waals surface area contributed by atoms with Gasteiger partial charge in [-0.05, 0) is 23.7 Å². The van der Waals surface area contributed by atoms with Gasteiger partial charge in [-0.25, -0.2) is 0 Å². The molecule has 2 atom stereocenters. The van der Waals surface area contributed by atoms with E-state index in [-0.39, 0.29) is 12.1 Å². The summed E-state index contributed by atoms with van der Waals surface area (Å²) in [7, 11) is 0. The van der Waals surface area contributed by atoms with Crippen molar-refractivity contribution in [3.8, 4) is 5.75 Å². The maximum atomic E-state index is 5.85. The number of ether oxygens (including phenoxy) is 3. The van der Waals surface area contributed by atoms with E-state index in [0.29, 0.717) is 19.8 Å². The van der Waals surface area contributed by atoms with Crippen molar-refractivity contribution in [3.05, 3.63) is 29.3 Å². The van der Waals surface area contributed by atoms with Gasteiger partial charge < -0.3 is 19.5 Å². The zero-order valence-corrected chi connectivity index (χ0v) is 11.4. The van der Waals surface area contributed by atoms with Crippen LogP contribution in [0.25, 0.3) is 0 Å². The number of benzene rings is 1. The van der Waals surface area contributed by atoms with Gasteiger partial charge in [-0.1, -0.05) is 19.1 Å². The Kier molecular flexibility index (Phi) is 4.01. The third kappa shape index (κ3) is 2.76. The van der Waals surface area contributed by atoms with Gasteiger partial charge >= 0.3 is 0 Å². The second-order valence-corrected chi connectivity index (χ2v) is 4.99. The molecule has 1 N–H and O–H groups in total. The predicted octanol–water partition coefficient (Wildman–Crippen LogP) is 1.69. The summed E-state index contributed by atoms with van der Waals surface area (Å²) in [5.74, 6) is 1.03. The van der Waals surface area contributed by atoms with E-state index >= 15 is 0 Å². The van der Waals surface area contributed by atoms with Gasteiger partial charge in [0.2, 0.25) is 0 Å². The number of fused-ring (bicyclic) bond motifs is 1. The Hall–Kier alpha value is -1.10. The van der Waals surface area contributed by atoms with Crippen molar-refractivity contribution in [2.75, 3.05) is 33.0 Å². The molecule has 0 amide bonds. The van der Waals surface area contributed by atoms with Crippen LogP contribution < -0.4 is 10.1 Å². The topological polar surface area (TPSA) is 39.7 Å². The summed E-state index contributed by atoms with van der Waals surface area (Å²) in [6.45, 7) is 5.87. The van der Waals surface area contributed by atoms with Gasteiger partial charge in [-0.15, -0.1) is 0 Å². The van der Waals surface area contributed by atoms with Crippen molar-refractivity contribution < 1.29 is 14.2 Å². The van der Waals surface area contributed by atoms with Crippen LogP contribution in [0.4, 0.5) is 0 Å². The Labute approximate surface area is 114 Å². The normalized spacial score (nSPS) is 23.7. The maximum absolute atomic E-state index is 5.85. The fraction of sp³-hybridized carbons (Fsp3) is 0.600. The molecule has 1 saturated heterocycles. The summed E-state index contributed by atoms with van der Waals surface area (Å²) >= 11 is 0. The average Bonchev–Trinajstić information content (AvgIpc) is 2.93. The number of nitrogens with one attached hydrogen (secondary N) is 1. The van der Waals surface area contributed by atoms with E-state index in [4.69, 9.17) is 14.2 Å². The van der Waals surface area contributed by atoms with Crippen LogP contribution in [0.5, 0.6) is 5.75 Å². The highest BCUT2D eigenvalue weighted by molar-refractivity contribution is 5.41. The fourth-order valence-electron chi connectivity index (χ4n) is 2.78. The van der Waals surface area contributed by atoms with E-state index in [2.05, 4.69) is 30.4 Å². The Morgan fingerprint density at radius 2 is 2.26 bits per heavy atom. The maximum Gasteiger partial charge on any atom is 0.122 e. The van der Waals surface area contributed by atoms with Crippen molar-refractivity contribution in [2.45, 2.75) is 25.5 Å². The first kappa shape index (κ1) is 12.9. The fourth-order valence-corrected chi connectivity index (χ4v) is 2.78. The molecule has 1 aromatic rings. The molecule has 0 radical (unpaired) electrons. The van der Waals surface area contributed by atoms with E-state index < -0.39 is 0 Å². The second kappa shape index (κ2) is 5.90. The molecule has 0 aromatic heterocycles. The average molecular weight is 263 g/mol. The van der Waals surface area contributed by atoms with E-state index in [1.807, 2.05) is 0 Å². The molecule has 2 aliphatic rings. The molecule has 104 valence electrons. The van der Waals surface area contributed by atoms with Gasteiger partial charge in [0.1, 0.15) is 11.9 Å². The highest BCUT2D eigenvalue weighted by Gasteiger charge is 2.27. The van der Waals surface area contributed by atoms with Crippen molar-refractivity contribution in [3.63, 3.8) is 0 Å². The highest BCUT2D eigenvalue weighted by atomic mass is 16.6. The number of hydrogen-bond acceptors (Lipinski definition) is 4. The van der Waals surface area contributed by atoms with E-state index in [1.165, 1.54) is 11.1 Å². The van der Waals surface area contributed by atoms with E-state index in [9.17, 15) is 0 Å². The van der Waals surface area contributed by atoms with Gasteiger partial charge in [-0.3, -0.25) is 0 Å². The van der Waals surface area contributed by atoms with E-state index in [1.54, 1.807) is 0 Å². The summed E-state index contributed by atoms with van der Waals surface area (Å²) in [6, 6.07) is 6.64. The quantitative estimate of drug-likeness (QED) is 0.897. The lowest BCUT2D eigenvalue weighted by Crippen LogP contribution is -2.40. The summed E-state index contributed by atoms with van der Waals surface area (Å²) in [6.07, 6.45) is 1.10. The van der Waals surface area contributed by atoms with Gasteiger partial charge in [0.05, 0.1) is 32.5 Å². The largest absolute Gasteiger partial charge is 0.493 e. The molecule has 2 aliphatic heterocycles. The minimum Gasteiger partial charge on any atom is -0.493 e. The SMILES string of the molecule is CCNC(c1ccc2c(c1)CCO2)C1COCCO1. The Bertz CT molecular complexity index is 429. The van der Waals surface area contributed by atoms with Crippen molar-refractivity contribution in [1.82, 2.24) is 5.32 Å². The van der Waals surface area contributed by atoms with Crippen LogP contribution in [0.3, 0.4) is 0 Å². The van der Waals surface area contributed by atoms with E-state index in [0.717, 1.165) is 25.3 Å². The molecule has 2 unspecified atom stereocenters. The standard InChI is InChI=1S/C15H21NO3/c1-2-16-15(14-10-17-7-8-19-14)12-3-4-13-11(9-12)5-6-18-13/h3-4,9,14-16H,2,5-8,10H2,1H3. The van der Waals surface area contributed by atoms with Crippen molar-refractivity contribution in [1.29, 1.82) is 0 Å². The first-order valence-electron chi connectivity index (χ1n) is 7.07. The first-order valence-corrected chi connectivity index (χ1v) is 7.07. The van der Waals surface area contributed by atoms with Gasteiger partial charge in [0, 0.05) is 6.42 Å². The molecule has 0 spiro atoms. The lowest BCUT2D eigenvalue weighted by molar-refractivity contribution is -0.102. The molecular formula is C15H21NO3. The van der Waals surface area contributed by atoms with Crippen LogP contribution >= 0.6 is 0 Å². The minimum atomic E-state index is 0.0917. The van der Waals surface area contributed by atoms with Gasteiger partial charge in [0.15, 0.2) is 0 Å². The summed E-state index contributed by atoms with van der Waals surface area (Å²) in [5, 5.41) is 3.51. The van der Waals surface area contributed by atoms with Crippen LogP contribution in [0.15, 0.2) is 18.2 Å². The zero-order chi connectivity index (χ0) is 13.1. The molecule has 1 fully saturated rings. The molecular weight excluding hydrogens is 242 g/mol. The molecule has 0 bridgehead atoms. The van der Waals surface area contributed by atoms with Crippen LogP contribution in [-0.4, -0.2) is 39.1 Å². The molecule has 4 nitrogen and oxygen atoms in total. The Balaban J connectivity index is 1.82. The van der Waals surface area contributed by atoms with Crippen molar-refractivity contribution in [2.24, 2.45) is 0 Å². The molecule has 0 saturated carbocycles. The van der Waals surface area contributed by atoms with Crippen LogP contribution in [0, 0.1) is 0 Å². The Morgan fingerprint density at radius 3 is 3.05 bits per heavy atom. The molecule has 2 heterocycles. The molecule has 3 rings (SSSR count). The smallest absolute Gasteiger partial charge is 0.122 e. The highest BCUT2D eigenvalue weighted by Crippen LogP contribution is 2.30. The third-order valence-electron chi connectivity index (χ3n) is 3.71. The molecule has 1 aromatic carbocycles. The van der Waals surface area contributed by atoms with Crippen LogP contribution in [0.1, 0.15) is 24.1 Å². The second-order valence-electron chi connectivity index (χ2n) is 4.99. The Morgan fingerprint density at radius 1 is 1.32 bits per heavy atom. The first-order chi connectivity index (χ1) is 9.38. The summed E-state index contributed by atoms with van der Waals surface area (Å²) in [5.41, 5.74) is 2.57. The van der Waals surface area contributed by atoms with Crippen LogP contribution in [-0.2, 0) is 15.9 Å². The summed E-state index contributed by atoms with van der Waals surface area (Å²) in [4.78, 5) is 0. The van der Waals surface area contributed by atoms with Crippen molar-refractivity contribution >= 4 is 0 Å². The van der Waals surface area contributed by atoms with Gasteiger partial charge in [0.25, 0.3) is 0 Å². The monoisotopic (exact) mass is 263 g/mol. The number of rotatable bonds is 4. The number of likely N-dealkylation sites (N-methyl/N-ethyl adjacent to an activating group) is 1. The van der Waals surface area contributed by atoms with Gasteiger partial charge in [-0.2, -0.15) is 0 Å². The molecule has 19 heavy (non-hydrogen) atoms. The lowest BCUT2D eigenvalue weighted by atomic mass is 9.98. The summed E-state index contributed by atoms with van der Waals surface area (Å²) < 4.78 is 16.9. The third-order valence-corrected chi connectivity index (χ3v) is 3.71. The van der Waals surface area contributed by atoms with Crippen LogP contribution in [0.2, 0.25) is 0 Å². The molecule has 4 heteroatoms. The zero-order valence-electron chi connectivity index (χ0n) is 11.4. The number of hydrogen-bond donors (Lipinski definition) is 1. The minimum absolute atomic E-state index is 0.0917. The lowest BCUT2D eigenvalue weighted by Gasteiger charge is -2.31. The predicted molar refractivity (Wildman–Crippen MR) is 72.6 cm³/mol. The molecule has 0 aliphatic carbocycles.